The third kappa shape index (κ3) is 3.88. The fraction of sp³-hybridized carbons (Fsp3) is 0.571. The highest BCUT2D eigenvalue weighted by molar-refractivity contribution is 5.85. The number of hydrogen-bond acceptors (Lipinski definition) is 2. The molecule has 3 N–H and O–H groups in total. The average molecular weight is 292 g/mol. The smallest absolute Gasteiger partial charge is 0.159 e. The van der Waals surface area contributed by atoms with Crippen molar-refractivity contribution in [3.05, 3.63) is 35.4 Å². The number of benzene rings is 1. The molecule has 0 heterocycles. The number of hydrogen-bond donors (Lipinski definition) is 2. The third-order valence-corrected chi connectivity index (χ3v) is 3.83. The summed E-state index contributed by atoms with van der Waals surface area (Å²) in [5.41, 5.74) is 6.40. The van der Waals surface area contributed by atoms with E-state index >= 15 is 0 Å². The van der Waals surface area contributed by atoms with Crippen LogP contribution in [0.3, 0.4) is 0 Å². The van der Waals surface area contributed by atoms with Crippen LogP contribution >= 0.6 is 12.4 Å². The van der Waals surface area contributed by atoms with Gasteiger partial charge in [0.1, 0.15) is 0 Å². The van der Waals surface area contributed by atoms with Gasteiger partial charge in [0.15, 0.2) is 11.6 Å². The number of aliphatic hydroxyl groups is 1. The fourth-order valence-electron chi connectivity index (χ4n) is 2.69. The minimum Gasteiger partial charge on any atom is -0.391 e. The summed E-state index contributed by atoms with van der Waals surface area (Å²) in [6.45, 7) is 0. The number of rotatable bonds is 3. The summed E-state index contributed by atoms with van der Waals surface area (Å²) < 4.78 is 26.0. The average Bonchev–Trinajstić information content (AvgIpc) is 2.41. The van der Waals surface area contributed by atoms with Crippen LogP contribution < -0.4 is 5.73 Å². The van der Waals surface area contributed by atoms with Crippen molar-refractivity contribution in [2.75, 3.05) is 0 Å². The van der Waals surface area contributed by atoms with Gasteiger partial charge >= 0.3 is 0 Å². The summed E-state index contributed by atoms with van der Waals surface area (Å²) in [6, 6.07) is 2.92. The van der Waals surface area contributed by atoms with E-state index in [1.807, 2.05) is 0 Å². The van der Waals surface area contributed by atoms with E-state index in [0.29, 0.717) is 5.56 Å². The molecule has 108 valence electrons. The Balaban J connectivity index is 0.00000180. The van der Waals surface area contributed by atoms with Gasteiger partial charge in [0.2, 0.25) is 0 Å². The minimum atomic E-state index is -0.918. The van der Waals surface area contributed by atoms with Gasteiger partial charge in [-0.25, -0.2) is 8.78 Å². The lowest BCUT2D eigenvalue weighted by atomic mass is 9.81. The first-order valence-corrected chi connectivity index (χ1v) is 6.48. The molecule has 1 aromatic carbocycles. The largest absolute Gasteiger partial charge is 0.391 e. The Labute approximate surface area is 118 Å². The zero-order valence-electron chi connectivity index (χ0n) is 10.7. The predicted octanol–water partition coefficient (Wildman–Crippen LogP) is 3.33. The van der Waals surface area contributed by atoms with Gasteiger partial charge in [0, 0.05) is 0 Å². The second-order valence-corrected chi connectivity index (χ2v) is 5.09. The van der Waals surface area contributed by atoms with E-state index in [2.05, 4.69) is 0 Å². The van der Waals surface area contributed by atoms with Crippen molar-refractivity contribution in [3.63, 3.8) is 0 Å². The van der Waals surface area contributed by atoms with E-state index in [1.54, 1.807) is 0 Å². The number of nitrogens with two attached hydrogens (primary N) is 1. The monoisotopic (exact) mass is 291 g/mol. The molecule has 1 saturated carbocycles. The van der Waals surface area contributed by atoms with Crippen LogP contribution in [-0.2, 0) is 0 Å². The molecule has 0 saturated heterocycles. The zero-order valence-corrected chi connectivity index (χ0v) is 11.5. The molecular weight excluding hydrogens is 272 g/mol. The Bertz CT molecular complexity index is 410. The third-order valence-electron chi connectivity index (χ3n) is 3.83. The predicted molar refractivity (Wildman–Crippen MR) is 73.1 cm³/mol. The van der Waals surface area contributed by atoms with Crippen LogP contribution in [0.25, 0.3) is 0 Å². The van der Waals surface area contributed by atoms with E-state index < -0.39 is 23.8 Å². The molecule has 2 atom stereocenters. The molecule has 1 aliphatic carbocycles. The van der Waals surface area contributed by atoms with Crippen molar-refractivity contribution in [1.82, 2.24) is 0 Å². The minimum absolute atomic E-state index is 0. The summed E-state index contributed by atoms with van der Waals surface area (Å²) in [6.07, 6.45) is 4.63. The van der Waals surface area contributed by atoms with Crippen LogP contribution in [0, 0.1) is 17.6 Å². The molecule has 0 aliphatic heterocycles. The van der Waals surface area contributed by atoms with Crippen molar-refractivity contribution < 1.29 is 13.9 Å². The molecule has 5 heteroatoms. The standard InChI is InChI=1S/C14H19F2NO.ClH/c15-11-7-6-10(8-12(11)16)13(17)14(18)9-4-2-1-3-5-9;/h6-9,13-14,18H,1-5,17H2;1H/t13-,14+;/m0./s1. The van der Waals surface area contributed by atoms with Crippen molar-refractivity contribution in [1.29, 1.82) is 0 Å². The second kappa shape index (κ2) is 7.17. The summed E-state index contributed by atoms with van der Waals surface area (Å²) in [5.74, 6) is -1.64. The second-order valence-electron chi connectivity index (χ2n) is 5.09. The molecule has 0 radical (unpaired) electrons. The first kappa shape index (κ1) is 16.3. The lowest BCUT2D eigenvalue weighted by Crippen LogP contribution is -2.34. The van der Waals surface area contributed by atoms with Crippen LogP contribution in [-0.4, -0.2) is 11.2 Å². The van der Waals surface area contributed by atoms with Gasteiger partial charge in [0.25, 0.3) is 0 Å². The molecule has 1 fully saturated rings. The fourth-order valence-corrected chi connectivity index (χ4v) is 2.69. The molecule has 0 bridgehead atoms. The maximum atomic E-state index is 13.1. The van der Waals surface area contributed by atoms with Gasteiger partial charge in [-0.05, 0) is 36.5 Å². The summed E-state index contributed by atoms with van der Waals surface area (Å²) in [7, 11) is 0. The lowest BCUT2D eigenvalue weighted by Gasteiger charge is -2.30. The van der Waals surface area contributed by atoms with E-state index in [9.17, 15) is 13.9 Å². The molecule has 19 heavy (non-hydrogen) atoms. The zero-order chi connectivity index (χ0) is 13.1. The van der Waals surface area contributed by atoms with Gasteiger partial charge in [-0.2, -0.15) is 0 Å². The molecule has 0 aromatic heterocycles. The van der Waals surface area contributed by atoms with Gasteiger partial charge in [-0.3, -0.25) is 0 Å². The van der Waals surface area contributed by atoms with E-state index in [1.165, 1.54) is 12.5 Å². The Morgan fingerprint density at radius 1 is 1.11 bits per heavy atom. The maximum absolute atomic E-state index is 13.1. The Kier molecular flexibility index (Phi) is 6.17. The molecule has 0 spiro atoms. The quantitative estimate of drug-likeness (QED) is 0.897. The van der Waals surface area contributed by atoms with E-state index in [-0.39, 0.29) is 18.3 Å². The van der Waals surface area contributed by atoms with Crippen LogP contribution in [0.1, 0.15) is 43.7 Å². The summed E-state index contributed by atoms with van der Waals surface area (Å²) >= 11 is 0. The van der Waals surface area contributed by atoms with Gasteiger partial charge in [-0.15, -0.1) is 12.4 Å². The van der Waals surface area contributed by atoms with Crippen molar-refractivity contribution in [2.24, 2.45) is 11.7 Å². The molecular formula is C14H20ClF2NO. The van der Waals surface area contributed by atoms with Crippen LogP contribution in [0.5, 0.6) is 0 Å². The Hall–Kier alpha value is -0.710. The van der Waals surface area contributed by atoms with Crippen molar-refractivity contribution in [2.45, 2.75) is 44.2 Å². The van der Waals surface area contributed by atoms with Crippen molar-refractivity contribution >= 4 is 12.4 Å². The number of aliphatic hydroxyl groups excluding tert-OH is 1. The topological polar surface area (TPSA) is 46.2 Å². The highest BCUT2D eigenvalue weighted by Gasteiger charge is 2.27. The summed E-state index contributed by atoms with van der Waals surface area (Å²) in [5, 5.41) is 10.2. The first-order chi connectivity index (χ1) is 8.59. The summed E-state index contributed by atoms with van der Waals surface area (Å²) in [4.78, 5) is 0. The normalized spacial score (nSPS) is 19.6. The molecule has 0 amide bonds. The van der Waals surface area contributed by atoms with Crippen LogP contribution in [0.2, 0.25) is 0 Å². The lowest BCUT2D eigenvalue weighted by molar-refractivity contribution is 0.0617. The molecule has 1 aliphatic rings. The molecule has 0 unspecified atom stereocenters. The highest BCUT2D eigenvalue weighted by atomic mass is 35.5. The molecule has 2 rings (SSSR count). The maximum Gasteiger partial charge on any atom is 0.159 e. The Morgan fingerprint density at radius 2 is 1.74 bits per heavy atom. The van der Waals surface area contributed by atoms with Crippen LogP contribution in [0.15, 0.2) is 18.2 Å². The van der Waals surface area contributed by atoms with E-state index in [4.69, 9.17) is 5.73 Å². The highest BCUT2D eigenvalue weighted by Crippen LogP contribution is 2.31. The van der Waals surface area contributed by atoms with Gasteiger partial charge in [-0.1, -0.05) is 25.3 Å². The SMILES string of the molecule is Cl.N[C@@H](c1ccc(F)c(F)c1)[C@H](O)C1CCCCC1. The molecule has 2 nitrogen and oxygen atoms in total. The molecule has 1 aromatic rings. The van der Waals surface area contributed by atoms with Crippen molar-refractivity contribution in [3.8, 4) is 0 Å². The Morgan fingerprint density at radius 3 is 2.32 bits per heavy atom. The van der Waals surface area contributed by atoms with Gasteiger partial charge in [0.05, 0.1) is 12.1 Å². The first-order valence-electron chi connectivity index (χ1n) is 6.48. The van der Waals surface area contributed by atoms with Gasteiger partial charge < -0.3 is 10.8 Å². The van der Waals surface area contributed by atoms with Crippen LogP contribution in [0.4, 0.5) is 8.78 Å². The van der Waals surface area contributed by atoms with E-state index in [0.717, 1.165) is 37.8 Å². The number of halogens is 3.